The molecule has 1 rings (SSSR count). The maximum atomic E-state index is 11.8. The molecule has 1 unspecified atom stereocenters. The molecule has 3 N–H and O–H groups in total. The summed E-state index contributed by atoms with van der Waals surface area (Å²) in [5.74, 6) is -0.940. The van der Waals surface area contributed by atoms with E-state index in [9.17, 15) is 9.59 Å². The molecule has 19 heavy (non-hydrogen) atoms. The number of aromatic nitrogens is 1. The third-order valence-electron chi connectivity index (χ3n) is 2.57. The van der Waals surface area contributed by atoms with Crippen LogP contribution in [-0.4, -0.2) is 28.1 Å². The Balaban J connectivity index is 2.63. The molecule has 0 fully saturated rings. The van der Waals surface area contributed by atoms with Gasteiger partial charge in [-0.25, -0.2) is 9.78 Å². The smallest absolute Gasteiger partial charge is 0.321 e. The van der Waals surface area contributed by atoms with Crippen molar-refractivity contribution in [3.8, 4) is 0 Å². The van der Waals surface area contributed by atoms with Crippen molar-refractivity contribution in [3.05, 3.63) is 11.1 Å². The molecule has 7 heteroatoms. The highest BCUT2D eigenvalue weighted by atomic mass is 32.1. The first-order valence-electron chi connectivity index (χ1n) is 5.90. The number of anilines is 1. The van der Waals surface area contributed by atoms with Crippen LogP contribution in [0.3, 0.4) is 0 Å². The van der Waals surface area contributed by atoms with Crippen molar-refractivity contribution < 1.29 is 14.7 Å². The van der Waals surface area contributed by atoms with Crippen LogP contribution < -0.4 is 10.6 Å². The molecule has 1 aromatic rings. The number of nitrogens with one attached hydrogen (secondary N) is 2. The van der Waals surface area contributed by atoms with Crippen LogP contribution in [0.25, 0.3) is 0 Å². The molecule has 1 atom stereocenters. The number of carbonyl (C=O) groups is 2. The van der Waals surface area contributed by atoms with Gasteiger partial charge in [0.15, 0.2) is 5.13 Å². The average Bonchev–Trinajstić information content (AvgIpc) is 2.60. The van der Waals surface area contributed by atoms with Crippen molar-refractivity contribution in [2.75, 3.05) is 5.32 Å². The van der Waals surface area contributed by atoms with Gasteiger partial charge in [-0.2, -0.15) is 0 Å². The third-order valence-corrected chi connectivity index (χ3v) is 3.40. The first-order chi connectivity index (χ1) is 8.68. The lowest BCUT2D eigenvalue weighted by atomic mass is 9.85. The minimum absolute atomic E-state index is 0.117. The van der Waals surface area contributed by atoms with Crippen LogP contribution in [0.2, 0.25) is 0 Å². The summed E-state index contributed by atoms with van der Waals surface area (Å²) in [5.41, 5.74) is -0.339. The summed E-state index contributed by atoms with van der Waals surface area (Å²) in [4.78, 5) is 27.6. The predicted molar refractivity (Wildman–Crippen MR) is 74.5 cm³/mol. The minimum atomic E-state index is -0.940. The molecule has 0 aromatic carbocycles. The Morgan fingerprint density at radius 1 is 1.47 bits per heavy atom. The van der Waals surface area contributed by atoms with E-state index in [0.29, 0.717) is 5.13 Å². The number of carboxylic acid groups (broad SMARTS) is 1. The summed E-state index contributed by atoms with van der Waals surface area (Å²) >= 11 is 1.37. The molecule has 2 amide bonds. The highest BCUT2D eigenvalue weighted by Gasteiger charge is 2.28. The summed E-state index contributed by atoms with van der Waals surface area (Å²) in [5, 5.41) is 14.7. The molecule has 0 aliphatic rings. The number of hydrogen-bond acceptors (Lipinski definition) is 4. The molecule has 6 nitrogen and oxygen atoms in total. The van der Waals surface area contributed by atoms with Gasteiger partial charge < -0.3 is 10.4 Å². The molecule has 106 valence electrons. The van der Waals surface area contributed by atoms with Gasteiger partial charge in [0, 0.05) is 17.1 Å². The fourth-order valence-electron chi connectivity index (χ4n) is 1.45. The number of carboxylic acids is 1. The molecule has 1 heterocycles. The zero-order valence-corrected chi connectivity index (χ0v) is 12.3. The molecule has 0 spiro atoms. The zero-order chi connectivity index (χ0) is 14.6. The van der Waals surface area contributed by atoms with Crippen LogP contribution in [0, 0.1) is 12.3 Å². The van der Waals surface area contributed by atoms with Crippen LogP contribution in [0.1, 0.15) is 32.1 Å². The normalized spacial score (nSPS) is 12.8. The average molecular weight is 285 g/mol. The largest absolute Gasteiger partial charge is 0.481 e. The number of nitrogens with zero attached hydrogens (tertiary/aromatic N) is 1. The third kappa shape index (κ3) is 5.25. The number of rotatable bonds is 4. The fourth-order valence-corrected chi connectivity index (χ4v) is 2.11. The number of thiazole rings is 1. The number of hydrogen-bond donors (Lipinski definition) is 3. The van der Waals surface area contributed by atoms with Crippen LogP contribution >= 0.6 is 11.3 Å². The number of urea groups is 1. The monoisotopic (exact) mass is 285 g/mol. The van der Waals surface area contributed by atoms with E-state index in [0.717, 1.165) is 4.88 Å². The second-order valence-electron chi connectivity index (χ2n) is 5.39. The maximum absolute atomic E-state index is 11.8. The molecule has 0 radical (unpaired) electrons. The molecular weight excluding hydrogens is 266 g/mol. The van der Waals surface area contributed by atoms with E-state index in [-0.39, 0.29) is 11.8 Å². The summed E-state index contributed by atoms with van der Waals surface area (Å²) < 4.78 is 0. The Kier molecular flexibility index (Phi) is 4.88. The fraction of sp³-hybridized carbons (Fsp3) is 0.583. The Hall–Kier alpha value is -1.63. The molecule has 0 aliphatic heterocycles. The Labute approximate surface area is 116 Å². The van der Waals surface area contributed by atoms with Crippen LogP contribution in [0.4, 0.5) is 9.93 Å². The van der Waals surface area contributed by atoms with Gasteiger partial charge in [0.1, 0.15) is 0 Å². The summed E-state index contributed by atoms with van der Waals surface area (Å²) in [6.07, 6.45) is 1.55. The van der Waals surface area contributed by atoms with Gasteiger partial charge in [0.05, 0.1) is 6.42 Å². The van der Waals surface area contributed by atoms with E-state index >= 15 is 0 Å². The van der Waals surface area contributed by atoms with Gasteiger partial charge in [0.25, 0.3) is 0 Å². The number of carbonyl (C=O) groups excluding carboxylic acids is 1. The van der Waals surface area contributed by atoms with Gasteiger partial charge in [0.2, 0.25) is 0 Å². The van der Waals surface area contributed by atoms with Gasteiger partial charge >= 0.3 is 12.0 Å². The van der Waals surface area contributed by atoms with Crippen LogP contribution in [0.15, 0.2) is 6.20 Å². The van der Waals surface area contributed by atoms with Crippen molar-refractivity contribution >= 4 is 28.5 Å². The van der Waals surface area contributed by atoms with Crippen molar-refractivity contribution in [2.45, 2.75) is 40.2 Å². The second-order valence-corrected chi connectivity index (χ2v) is 6.63. The lowest BCUT2D eigenvalue weighted by Crippen LogP contribution is -2.46. The Morgan fingerprint density at radius 2 is 2.11 bits per heavy atom. The second kappa shape index (κ2) is 6.01. The van der Waals surface area contributed by atoms with Gasteiger partial charge in [-0.3, -0.25) is 10.1 Å². The molecule has 0 saturated heterocycles. The van der Waals surface area contributed by atoms with Gasteiger partial charge in [-0.15, -0.1) is 11.3 Å². The lowest BCUT2D eigenvalue weighted by Gasteiger charge is -2.30. The van der Waals surface area contributed by atoms with E-state index in [1.807, 2.05) is 27.7 Å². The topological polar surface area (TPSA) is 91.3 Å². The summed E-state index contributed by atoms with van der Waals surface area (Å²) in [6.45, 7) is 7.54. The highest BCUT2D eigenvalue weighted by Crippen LogP contribution is 2.22. The highest BCUT2D eigenvalue weighted by molar-refractivity contribution is 7.15. The number of aliphatic carboxylic acids is 1. The minimum Gasteiger partial charge on any atom is -0.481 e. The van der Waals surface area contributed by atoms with Crippen LogP contribution in [0.5, 0.6) is 0 Å². The van der Waals surface area contributed by atoms with Crippen molar-refractivity contribution in [2.24, 2.45) is 5.41 Å². The molecule has 0 bridgehead atoms. The van der Waals surface area contributed by atoms with Crippen molar-refractivity contribution in [1.29, 1.82) is 0 Å². The van der Waals surface area contributed by atoms with E-state index in [4.69, 9.17) is 5.11 Å². The van der Waals surface area contributed by atoms with Gasteiger partial charge in [-0.1, -0.05) is 20.8 Å². The standard InChI is InChI=1S/C12H19N3O3S/c1-7-6-13-11(19-7)15-10(18)14-8(5-9(16)17)12(2,3)4/h6,8H,5H2,1-4H3,(H,16,17)(H2,13,14,15,18). The summed E-state index contributed by atoms with van der Waals surface area (Å²) in [6, 6.07) is -0.887. The zero-order valence-electron chi connectivity index (χ0n) is 11.5. The van der Waals surface area contributed by atoms with E-state index in [2.05, 4.69) is 15.6 Å². The SMILES string of the molecule is Cc1cnc(NC(=O)NC(CC(=O)O)C(C)(C)C)s1. The molecule has 0 saturated carbocycles. The molecular formula is C12H19N3O3S. The number of amides is 2. The van der Waals surface area contributed by atoms with E-state index in [1.54, 1.807) is 6.20 Å². The quantitative estimate of drug-likeness (QED) is 0.792. The van der Waals surface area contributed by atoms with Crippen LogP contribution in [-0.2, 0) is 4.79 Å². The van der Waals surface area contributed by atoms with Crippen molar-refractivity contribution in [3.63, 3.8) is 0 Å². The Morgan fingerprint density at radius 3 is 2.53 bits per heavy atom. The Bertz CT molecular complexity index is 465. The van der Waals surface area contributed by atoms with E-state index in [1.165, 1.54) is 11.3 Å². The lowest BCUT2D eigenvalue weighted by molar-refractivity contribution is -0.138. The molecule has 1 aromatic heterocycles. The number of aryl methyl sites for hydroxylation is 1. The van der Waals surface area contributed by atoms with E-state index < -0.39 is 18.0 Å². The van der Waals surface area contributed by atoms with Gasteiger partial charge in [-0.05, 0) is 12.3 Å². The first-order valence-corrected chi connectivity index (χ1v) is 6.72. The molecule has 0 aliphatic carbocycles. The van der Waals surface area contributed by atoms with Crippen molar-refractivity contribution in [1.82, 2.24) is 10.3 Å². The first kappa shape index (κ1) is 15.4. The summed E-state index contributed by atoms with van der Waals surface area (Å²) in [7, 11) is 0. The predicted octanol–water partition coefficient (Wildman–Crippen LogP) is 2.46. The maximum Gasteiger partial charge on any atom is 0.321 e.